The normalized spacial score (nSPS) is 11.5. The number of hydrogen-bond donors (Lipinski definition) is 2. The molecule has 0 bridgehead atoms. The lowest BCUT2D eigenvalue weighted by molar-refractivity contribution is -0.130. The van der Waals surface area contributed by atoms with Gasteiger partial charge in [-0.05, 0) is 18.1 Å². The molecule has 0 saturated carbocycles. The predicted molar refractivity (Wildman–Crippen MR) is 81.3 cm³/mol. The zero-order valence-electron chi connectivity index (χ0n) is 13.4. The van der Waals surface area contributed by atoms with Crippen molar-refractivity contribution in [1.29, 1.82) is 0 Å². The summed E-state index contributed by atoms with van der Waals surface area (Å²) >= 11 is 0. The number of methoxy groups -OCH3 is 2. The maximum atomic E-state index is 12.3. The summed E-state index contributed by atoms with van der Waals surface area (Å²) in [7, 11) is 2.88. The monoisotopic (exact) mass is 324 g/mol. The minimum Gasteiger partial charge on any atom is -0.497 e. The number of esters is 1. The highest BCUT2D eigenvalue weighted by atomic mass is 16.6. The zero-order valence-corrected chi connectivity index (χ0v) is 13.4. The molecule has 0 unspecified atom stereocenters. The number of imide groups is 1. The number of nitrogens with one attached hydrogen (secondary N) is 1. The maximum Gasteiger partial charge on any atom is 0.342 e. The van der Waals surface area contributed by atoms with Crippen molar-refractivity contribution in [3.05, 3.63) is 23.8 Å². The first-order chi connectivity index (χ1) is 10.8. The quantitative estimate of drug-likeness (QED) is 0.756. The number of carbonyl (C=O) groups is 3. The van der Waals surface area contributed by atoms with Crippen LogP contribution in [0.3, 0.4) is 0 Å². The first-order valence-electron chi connectivity index (χ1n) is 6.83. The fraction of sp³-hybridized carbons (Fsp3) is 0.400. The van der Waals surface area contributed by atoms with Crippen LogP contribution in [0.2, 0.25) is 0 Å². The van der Waals surface area contributed by atoms with Crippen LogP contribution in [0.1, 0.15) is 24.2 Å². The molecule has 1 aromatic carbocycles. The van der Waals surface area contributed by atoms with Gasteiger partial charge in [0.15, 0.2) is 6.10 Å². The van der Waals surface area contributed by atoms with Gasteiger partial charge in [-0.3, -0.25) is 10.1 Å². The largest absolute Gasteiger partial charge is 0.497 e. The highest BCUT2D eigenvalue weighted by Gasteiger charge is 2.29. The molecule has 126 valence electrons. The number of benzene rings is 1. The molecule has 8 heteroatoms. The predicted octanol–water partition coefficient (Wildman–Crippen LogP) is 1.08. The van der Waals surface area contributed by atoms with Crippen LogP contribution in [0.5, 0.6) is 11.5 Å². The van der Waals surface area contributed by atoms with Gasteiger partial charge >= 0.3 is 12.0 Å². The van der Waals surface area contributed by atoms with E-state index in [0.29, 0.717) is 5.75 Å². The lowest BCUT2D eigenvalue weighted by atomic mass is 10.1. The third-order valence-electron chi connectivity index (χ3n) is 2.97. The lowest BCUT2D eigenvalue weighted by Crippen LogP contribution is -2.45. The third-order valence-corrected chi connectivity index (χ3v) is 2.97. The second kappa shape index (κ2) is 8.02. The van der Waals surface area contributed by atoms with Crippen LogP contribution in [-0.2, 0) is 9.53 Å². The van der Waals surface area contributed by atoms with Gasteiger partial charge in [0, 0.05) is 6.07 Å². The number of carbonyl (C=O) groups excluding carboxylic acids is 3. The Labute approximate surface area is 133 Å². The number of ether oxygens (including phenoxy) is 3. The van der Waals surface area contributed by atoms with Gasteiger partial charge in [0.25, 0.3) is 5.91 Å². The first-order valence-corrected chi connectivity index (χ1v) is 6.83. The van der Waals surface area contributed by atoms with Crippen molar-refractivity contribution in [3.63, 3.8) is 0 Å². The number of hydrogen-bond acceptors (Lipinski definition) is 6. The number of primary amides is 1. The van der Waals surface area contributed by atoms with Gasteiger partial charge < -0.3 is 19.9 Å². The second-order valence-corrected chi connectivity index (χ2v) is 4.99. The van der Waals surface area contributed by atoms with Crippen molar-refractivity contribution in [3.8, 4) is 11.5 Å². The molecule has 0 aliphatic carbocycles. The van der Waals surface area contributed by atoms with Gasteiger partial charge in [-0.25, -0.2) is 9.59 Å². The van der Waals surface area contributed by atoms with E-state index in [-0.39, 0.29) is 17.2 Å². The number of amides is 3. The zero-order chi connectivity index (χ0) is 17.6. The maximum absolute atomic E-state index is 12.3. The van der Waals surface area contributed by atoms with Crippen LogP contribution in [0, 0.1) is 5.92 Å². The summed E-state index contributed by atoms with van der Waals surface area (Å²) in [5, 5.41) is 1.90. The minimum atomic E-state index is -1.16. The summed E-state index contributed by atoms with van der Waals surface area (Å²) < 4.78 is 15.4. The Kier molecular flexibility index (Phi) is 6.37. The molecule has 0 aliphatic heterocycles. The molecular formula is C15H20N2O6. The molecule has 0 saturated heterocycles. The molecule has 3 N–H and O–H groups in total. The van der Waals surface area contributed by atoms with E-state index in [9.17, 15) is 14.4 Å². The summed E-state index contributed by atoms with van der Waals surface area (Å²) in [4.78, 5) is 34.9. The number of rotatable bonds is 6. The van der Waals surface area contributed by atoms with E-state index in [0.717, 1.165) is 0 Å². The summed E-state index contributed by atoms with van der Waals surface area (Å²) in [6.45, 7) is 3.34. The Morgan fingerprint density at radius 3 is 2.26 bits per heavy atom. The van der Waals surface area contributed by atoms with Crippen molar-refractivity contribution in [2.24, 2.45) is 11.7 Å². The van der Waals surface area contributed by atoms with Gasteiger partial charge in [0.2, 0.25) is 0 Å². The molecular weight excluding hydrogens is 304 g/mol. The van der Waals surface area contributed by atoms with Crippen molar-refractivity contribution in [1.82, 2.24) is 5.32 Å². The van der Waals surface area contributed by atoms with Crippen molar-refractivity contribution in [2.45, 2.75) is 20.0 Å². The van der Waals surface area contributed by atoms with E-state index >= 15 is 0 Å². The number of urea groups is 1. The SMILES string of the molecule is COc1ccc(C(=O)O[C@H](C(=O)NC(N)=O)C(C)C)c(OC)c1. The Morgan fingerprint density at radius 2 is 1.78 bits per heavy atom. The molecule has 0 radical (unpaired) electrons. The Hall–Kier alpha value is -2.77. The van der Waals surface area contributed by atoms with Crippen LogP contribution < -0.4 is 20.5 Å². The molecule has 1 aromatic rings. The summed E-state index contributed by atoms with van der Waals surface area (Å²) in [6.07, 6.45) is -1.16. The standard InChI is InChI=1S/C15H20N2O6/c1-8(2)12(13(18)17-15(16)20)23-14(19)10-6-5-9(21-3)7-11(10)22-4/h5-8,12H,1-4H3,(H3,16,17,18,20)/t12-/m0/s1. The van der Waals surface area contributed by atoms with Crippen LogP contribution in [0.25, 0.3) is 0 Å². The molecule has 0 aliphatic rings. The Balaban J connectivity index is 2.99. The molecule has 1 rings (SSSR count). The molecule has 1 atom stereocenters. The van der Waals surface area contributed by atoms with Crippen LogP contribution in [0.15, 0.2) is 18.2 Å². The number of nitrogens with two attached hydrogens (primary N) is 1. The molecule has 0 fully saturated rings. The van der Waals surface area contributed by atoms with E-state index in [4.69, 9.17) is 19.9 Å². The van der Waals surface area contributed by atoms with Gasteiger partial charge in [-0.15, -0.1) is 0 Å². The van der Waals surface area contributed by atoms with Crippen molar-refractivity contribution in [2.75, 3.05) is 14.2 Å². The van der Waals surface area contributed by atoms with Gasteiger partial charge in [0.05, 0.1) is 14.2 Å². The van der Waals surface area contributed by atoms with E-state index in [1.54, 1.807) is 19.9 Å². The van der Waals surface area contributed by atoms with Crippen LogP contribution in [-0.4, -0.2) is 38.2 Å². The van der Waals surface area contributed by atoms with E-state index in [1.807, 2.05) is 5.32 Å². The second-order valence-electron chi connectivity index (χ2n) is 4.99. The average Bonchev–Trinajstić information content (AvgIpc) is 2.50. The molecule has 8 nitrogen and oxygen atoms in total. The van der Waals surface area contributed by atoms with Crippen molar-refractivity contribution >= 4 is 17.9 Å². The summed E-state index contributed by atoms with van der Waals surface area (Å²) in [5.41, 5.74) is 5.04. The molecule has 23 heavy (non-hydrogen) atoms. The fourth-order valence-corrected chi connectivity index (χ4v) is 1.83. The van der Waals surface area contributed by atoms with Crippen LogP contribution >= 0.6 is 0 Å². The fourth-order valence-electron chi connectivity index (χ4n) is 1.83. The molecule has 3 amide bonds. The first kappa shape index (κ1) is 18.3. The summed E-state index contributed by atoms with van der Waals surface area (Å²) in [5.74, 6) is -1.16. The minimum absolute atomic E-state index is 0.130. The molecule has 0 heterocycles. The molecule has 0 spiro atoms. The smallest absolute Gasteiger partial charge is 0.342 e. The van der Waals surface area contributed by atoms with E-state index in [2.05, 4.69) is 0 Å². The van der Waals surface area contributed by atoms with Gasteiger partial charge in [0.1, 0.15) is 17.1 Å². The average molecular weight is 324 g/mol. The third kappa shape index (κ3) is 4.87. The van der Waals surface area contributed by atoms with Gasteiger partial charge in [-0.1, -0.05) is 13.8 Å². The molecule has 0 aromatic heterocycles. The topological polar surface area (TPSA) is 117 Å². The highest BCUT2D eigenvalue weighted by Crippen LogP contribution is 2.26. The van der Waals surface area contributed by atoms with E-state index < -0.39 is 24.0 Å². The Bertz CT molecular complexity index is 600. The lowest BCUT2D eigenvalue weighted by Gasteiger charge is -2.20. The highest BCUT2D eigenvalue weighted by molar-refractivity contribution is 5.99. The van der Waals surface area contributed by atoms with Crippen LogP contribution in [0.4, 0.5) is 4.79 Å². The Morgan fingerprint density at radius 1 is 1.13 bits per heavy atom. The summed E-state index contributed by atoms with van der Waals surface area (Å²) in [6, 6.07) is 3.53. The van der Waals surface area contributed by atoms with Crippen molar-refractivity contribution < 1.29 is 28.6 Å². The van der Waals surface area contributed by atoms with Gasteiger partial charge in [-0.2, -0.15) is 0 Å². The van der Waals surface area contributed by atoms with E-state index in [1.165, 1.54) is 26.4 Å².